The van der Waals surface area contributed by atoms with Crippen molar-refractivity contribution in [2.75, 3.05) is 19.0 Å². The maximum atomic E-state index is 14.9. The quantitative estimate of drug-likeness (QED) is 0.197. The molecule has 0 unspecified atom stereocenters. The number of anilines is 1. The molecule has 9 nitrogen and oxygen atoms in total. The number of hydrogen-bond donors (Lipinski definition) is 1. The van der Waals surface area contributed by atoms with Gasteiger partial charge in [0.15, 0.2) is 0 Å². The van der Waals surface area contributed by atoms with Gasteiger partial charge in [0.25, 0.3) is 11.8 Å². The monoisotopic (exact) mass is 707 g/mol. The summed E-state index contributed by atoms with van der Waals surface area (Å²) in [4.78, 5) is 50.1. The molecule has 0 aliphatic carbocycles. The van der Waals surface area contributed by atoms with Crippen LogP contribution in [0.4, 0.5) is 10.5 Å². The minimum absolute atomic E-state index is 0.000504. The number of phenols is 1. The number of amides is 4. The molecule has 1 N–H and O–H groups in total. The Morgan fingerprint density at radius 1 is 0.774 bits per heavy atom. The lowest BCUT2D eigenvalue weighted by molar-refractivity contribution is 0.0658. The van der Waals surface area contributed by atoms with Gasteiger partial charge in [-0.2, -0.15) is 0 Å². The summed E-state index contributed by atoms with van der Waals surface area (Å²) >= 11 is 0. The Bertz CT molecular complexity index is 2210. The molecule has 0 radical (unpaired) electrons. The van der Waals surface area contributed by atoms with Crippen LogP contribution in [0.1, 0.15) is 74.0 Å². The molecular formula is C44H45N5O4. The number of urea groups is 1. The molecule has 0 bridgehead atoms. The molecule has 3 aliphatic rings. The first-order chi connectivity index (χ1) is 25.7. The number of hydrogen-bond acceptors (Lipinski definition) is 4. The average molecular weight is 708 g/mol. The first-order valence-electron chi connectivity index (χ1n) is 18.5. The number of carbonyl (C=O) groups is 3. The topological polar surface area (TPSA) is 89.3 Å². The number of aromatic hydroxyl groups is 1. The lowest BCUT2D eigenvalue weighted by Crippen LogP contribution is -2.42. The van der Waals surface area contributed by atoms with Crippen LogP contribution in [-0.4, -0.2) is 62.4 Å². The fraction of sp³-hybridized carbons (Fsp3) is 0.295. The lowest BCUT2D eigenvalue weighted by Gasteiger charge is -2.35. The molecule has 8 rings (SSSR count). The van der Waals surface area contributed by atoms with Gasteiger partial charge in [-0.3, -0.25) is 9.59 Å². The molecule has 4 heterocycles. The van der Waals surface area contributed by atoms with Gasteiger partial charge in [0.2, 0.25) is 0 Å². The Labute approximate surface area is 310 Å². The van der Waals surface area contributed by atoms with Crippen molar-refractivity contribution in [2.45, 2.75) is 71.4 Å². The number of rotatable bonds is 6. The van der Waals surface area contributed by atoms with Crippen LogP contribution in [0.25, 0.3) is 11.3 Å². The summed E-state index contributed by atoms with van der Waals surface area (Å²) in [5.74, 6) is -0.0427. The summed E-state index contributed by atoms with van der Waals surface area (Å²) in [7, 11) is 3.58. The number of carbonyl (C=O) groups excluding carboxylic acids is 3. The van der Waals surface area contributed by atoms with Crippen molar-refractivity contribution in [1.29, 1.82) is 0 Å². The number of phenolic OH excluding ortho intramolecular Hbond substituents is 1. The van der Waals surface area contributed by atoms with E-state index in [2.05, 4.69) is 35.8 Å². The second-order valence-corrected chi connectivity index (χ2v) is 14.8. The van der Waals surface area contributed by atoms with Crippen molar-refractivity contribution in [3.05, 3.63) is 142 Å². The minimum Gasteiger partial charge on any atom is -0.508 e. The first-order valence-corrected chi connectivity index (χ1v) is 18.5. The van der Waals surface area contributed by atoms with E-state index in [1.807, 2.05) is 65.4 Å². The lowest BCUT2D eigenvalue weighted by atomic mass is 9.92. The van der Waals surface area contributed by atoms with Crippen molar-refractivity contribution in [3.8, 4) is 17.0 Å². The molecule has 0 spiro atoms. The largest absolute Gasteiger partial charge is 0.508 e. The third-order valence-corrected chi connectivity index (χ3v) is 11.2. The fourth-order valence-electron chi connectivity index (χ4n) is 8.31. The van der Waals surface area contributed by atoms with E-state index in [4.69, 9.17) is 0 Å². The van der Waals surface area contributed by atoms with Gasteiger partial charge in [0, 0.05) is 81.1 Å². The number of nitrogens with zero attached hydrogens (tertiary/aromatic N) is 5. The predicted molar refractivity (Wildman–Crippen MR) is 206 cm³/mol. The Balaban J connectivity index is 1.19. The zero-order valence-electron chi connectivity index (χ0n) is 30.6. The van der Waals surface area contributed by atoms with Crippen LogP contribution >= 0.6 is 0 Å². The van der Waals surface area contributed by atoms with Crippen molar-refractivity contribution in [1.82, 2.24) is 19.3 Å². The minimum atomic E-state index is -0.138. The number of benzene rings is 4. The van der Waals surface area contributed by atoms with Crippen LogP contribution in [0.15, 0.2) is 97.1 Å². The maximum Gasteiger partial charge on any atom is 0.320 e. The molecule has 5 aromatic rings. The van der Waals surface area contributed by atoms with E-state index in [1.165, 1.54) is 5.56 Å². The van der Waals surface area contributed by atoms with Gasteiger partial charge >= 0.3 is 6.03 Å². The Hall–Kier alpha value is -5.83. The second-order valence-electron chi connectivity index (χ2n) is 14.8. The normalized spacial score (nSPS) is 16.1. The zero-order valence-corrected chi connectivity index (χ0v) is 30.6. The Kier molecular flexibility index (Phi) is 9.02. The molecule has 270 valence electrons. The van der Waals surface area contributed by atoms with E-state index in [0.29, 0.717) is 43.0 Å². The molecule has 1 atom stereocenters. The molecule has 3 aliphatic heterocycles. The van der Waals surface area contributed by atoms with E-state index in [-0.39, 0.29) is 29.6 Å². The van der Waals surface area contributed by atoms with Crippen molar-refractivity contribution < 1.29 is 19.5 Å². The van der Waals surface area contributed by atoms with E-state index in [0.717, 1.165) is 71.4 Å². The van der Waals surface area contributed by atoms with E-state index in [1.54, 1.807) is 41.1 Å². The van der Waals surface area contributed by atoms with Crippen LogP contribution in [0, 0.1) is 0 Å². The van der Waals surface area contributed by atoms with Crippen molar-refractivity contribution >= 4 is 23.5 Å². The first kappa shape index (κ1) is 34.3. The highest BCUT2D eigenvalue weighted by atomic mass is 16.3. The van der Waals surface area contributed by atoms with Gasteiger partial charge in [-0.1, -0.05) is 54.6 Å². The molecule has 4 aromatic carbocycles. The molecule has 0 fully saturated rings. The molecule has 0 saturated carbocycles. The third-order valence-electron chi connectivity index (χ3n) is 11.2. The van der Waals surface area contributed by atoms with Crippen molar-refractivity contribution in [3.63, 3.8) is 0 Å². The smallest absolute Gasteiger partial charge is 0.320 e. The van der Waals surface area contributed by atoms with Crippen LogP contribution in [-0.2, 0) is 45.6 Å². The molecule has 4 amide bonds. The fourth-order valence-corrected chi connectivity index (χ4v) is 8.31. The number of aromatic nitrogens is 1. The van der Waals surface area contributed by atoms with Crippen LogP contribution < -0.4 is 4.90 Å². The number of fused-ring (bicyclic) bond motifs is 3. The summed E-state index contributed by atoms with van der Waals surface area (Å²) < 4.78 is 2.24. The molecular weight excluding hydrogens is 663 g/mol. The summed E-state index contributed by atoms with van der Waals surface area (Å²) in [6.45, 7) is 4.73. The average Bonchev–Trinajstić information content (AvgIpc) is 3.78. The zero-order chi connectivity index (χ0) is 36.8. The van der Waals surface area contributed by atoms with Gasteiger partial charge in [-0.25, -0.2) is 4.79 Å². The highest BCUT2D eigenvalue weighted by Gasteiger charge is 2.34. The summed E-state index contributed by atoms with van der Waals surface area (Å²) in [6, 6.07) is 30.9. The predicted octanol–water partition coefficient (Wildman–Crippen LogP) is 7.63. The standard InChI is InChI=1S/C44H45N5O4/c1-29-21-31-13-7-8-14-32(31)28-49(29)43(52)38-23-34-27-47(44(53)45(2)25-30-11-5-4-6-12-30)26-33(34)22-37(38)41-24-39(40-15-9-10-20-48(40)41)42(51)46(3)35-16-18-36(50)19-17-35/h4-8,11-14,16-19,22-24,29,50H,9-10,15,20-21,25-28H2,1-3H3/t29-/m1/s1. The van der Waals surface area contributed by atoms with Crippen LogP contribution in [0.3, 0.4) is 0 Å². The van der Waals surface area contributed by atoms with Gasteiger partial charge in [0.05, 0.1) is 5.56 Å². The van der Waals surface area contributed by atoms with E-state index in [9.17, 15) is 19.5 Å². The SMILES string of the molecule is C[C@@H]1Cc2ccccc2CN1C(=O)c1cc2c(cc1-c1cc(C(=O)N(C)c3ccc(O)cc3)c3n1CCCC3)CN(C(=O)N(C)Cc1ccccc1)C2. The summed E-state index contributed by atoms with van der Waals surface area (Å²) in [5, 5.41) is 9.85. The highest BCUT2D eigenvalue weighted by molar-refractivity contribution is 6.08. The summed E-state index contributed by atoms with van der Waals surface area (Å²) in [5.41, 5.74) is 9.98. The Morgan fingerprint density at radius 3 is 2.23 bits per heavy atom. The molecule has 0 saturated heterocycles. The van der Waals surface area contributed by atoms with Gasteiger partial charge in [-0.15, -0.1) is 0 Å². The van der Waals surface area contributed by atoms with Crippen LogP contribution in [0.2, 0.25) is 0 Å². The van der Waals surface area contributed by atoms with E-state index < -0.39 is 0 Å². The molecule has 9 heteroatoms. The molecule has 53 heavy (non-hydrogen) atoms. The highest BCUT2D eigenvalue weighted by Crippen LogP contribution is 2.39. The Morgan fingerprint density at radius 2 is 1.47 bits per heavy atom. The molecule has 1 aromatic heterocycles. The van der Waals surface area contributed by atoms with E-state index >= 15 is 0 Å². The summed E-state index contributed by atoms with van der Waals surface area (Å²) in [6.07, 6.45) is 3.48. The second kappa shape index (κ2) is 14.0. The van der Waals surface area contributed by atoms with Gasteiger partial charge in [0.1, 0.15) is 5.75 Å². The third kappa shape index (κ3) is 6.45. The van der Waals surface area contributed by atoms with Crippen molar-refractivity contribution in [2.24, 2.45) is 0 Å². The van der Waals surface area contributed by atoms with Gasteiger partial charge in [-0.05, 0) is 103 Å². The van der Waals surface area contributed by atoms with Gasteiger partial charge < -0.3 is 29.3 Å². The maximum absolute atomic E-state index is 14.9. The van der Waals surface area contributed by atoms with Crippen LogP contribution in [0.5, 0.6) is 5.75 Å².